The molecule has 8 heteroatoms. The molecule has 6 nitrogen and oxygen atoms in total. The molecule has 1 aromatic heterocycles. The first-order valence-electron chi connectivity index (χ1n) is 11.2. The Hall–Kier alpha value is -1.74. The van der Waals surface area contributed by atoms with Gasteiger partial charge in [-0.2, -0.15) is 0 Å². The molecule has 1 heterocycles. The van der Waals surface area contributed by atoms with Gasteiger partial charge >= 0.3 is 5.97 Å². The first-order valence-corrected chi connectivity index (χ1v) is 13.5. The van der Waals surface area contributed by atoms with Crippen LogP contribution in [0.2, 0.25) is 0 Å². The second kappa shape index (κ2) is 11.9. The summed E-state index contributed by atoms with van der Waals surface area (Å²) in [6, 6.07) is 11.5. The smallest absolute Gasteiger partial charge is 0.305 e. The van der Waals surface area contributed by atoms with Gasteiger partial charge in [-0.15, -0.1) is 11.3 Å². The molecule has 0 saturated heterocycles. The molecule has 2 rings (SSSR count). The topological polar surface area (TPSA) is 83.5 Å². The van der Waals surface area contributed by atoms with Crippen molar-refractivity contribution < 1.29 is 22.8 Å². The predicted molar refractivity (Wildman–Crippen MR) is 131 cm³/mol. The number of carboxylic acid groups (broad SMARTS) is 1. The van der Waals surface area contributed by atoms with E-state index in [1.54, 1.807) is 6.07 Å². The minimum Gasteiger partial charge on any atom is -0.481 e. The summed E-state index contributed by atoms with van der Waals surface area (Å²) < 4.78 is 29.0. The number of sulfonamides is 1. The van der Waals surface area contributed by atoms with Crippen LogP contribution in [-0.4, -0.2) is 57.7 Å². The number of benzene rings is 1. The number of hydrogen-bond donors (Lipinski definition) is 2. The third-order valence-electron chi connectivity index (χ3n) is 5.16. The van der Waals surface area contributed by atoms with Gasteiger partial charge in [-0.05, 0) is 48.9 Å². The molecule has 0 radical (unpaired) electrons. The van der Waals surface area contributed by atoms with Crippen molar-refractivity contribution in [1.29, 1.82) is 0 Å². The van der Waals surface area contributed by atoms with E-state index in [-0.39, 0.29) is 10.6 Å². The fourth-order valence-corrected chi connectivity index (χ4v) is 6.25. The Bertz CT molecular complexity index is 961. The van der Waals surface area contributed by atoms with Gasteiger partial charge in [-0.25, -0.2) is 13.1 Å². The van der Waals surface area contributed by atoms with Crippen LogP contribution in [-0.2, 0) is 34.1 Å². The van der Waals surface area contributed by atoms with Crippen molar-refractivity contribution in [2.24, 2.45) is 0 Å². The fraction of sp³-hybridized carbons (Fsp3) is 0.542. The van der Waals surface area contributed by atoms with Crippen LogP contribution in [0.1, 0.15) is 48.6 Å². The van der Waals surface area contributed by atoms with Crippen LogP contribution in [0.15, 0.2) is 40.6 Å². The summed E-state index contributed by atoms with van der Waals surface area (Å²) in [4.78, 5) is 12.2. The second-order valence-electron chi connectivity index (χ2n) is 9.38. The number of unbranched alkanes of at least 4 members (excludes halogenated alkanes) is 2. The van der Waals surface area contributed by atoms with Crippen molar-refractivity contribution in [3.63, 3.8) is 0 Å². The van der Waals surface area contributed by atoms with Crippen LogP contribution in [0.3, 0.4) is 0 Å². The maximum atomic E-state index is 12.8. The Morgan fingerprint density at radius 1 is 1.00 bits per heavy atom. The number of aryl methyl sites for hydroxylation is 3. The number of likely N-dealkylation sites (N-methyl/N-ethyl adjacent to an activating group) is 1. The molecule has 0 unspecified atom stereocenters. The third kappa shape index (κ3) is 9.40. The quantitative estimate of drug-likeness (QED) is 0.314. The van der Waals surface area contributed by atoms with Crippen molar-refractivity contribution in [1.82, 2.24) is 4.72 Å². The van der Waals surface area contributed by atoms with Gasteiger partial charge in [0.25, 0.3) is 10.0 Å². The van der Waals surface area contributed by atoms with E-state index in [9.17, 15) is 13.2 Å². The maximum Gasteiger partial charge on any atom is 0.305 e. The molecule has 0 aliphatic heterocycles. The Kier molecular flexibility index (Phi) is 9.88. The van der Waals surface area contributed by atoms with Gasteiger partial charge in [0, 0.05) is 4.88 Å². The van der Waals surface area contributed by atoms with Crippen LogP contribution in [0.4, 0.5) is 0 Å². The van der Waals surface area contributed by atoms with E-state index in [0.29, 0.717) is 11.0 Å². The number of nitrogens with zero attached hydrogens (tertiary/aromatic N) is 1. The van der Waals surface area contributed by atoms with Crippen molar-refractivity contribution in [2.45, 2.75) is 62.1 Å². The van der Waals surface area contributed by atoms with Crippen molar-refractivity contribution in [2.75, 3.05) is 27.7 Å². The van der Waals surface area contributed by atoms with E-state index in [0.717, 1.165) is 24.1 Å². The van der Waals surface area contributed by atoms with Gasteiger partial charge in [-0.3, -0.25) is 4.79 Å². The van der Waals surface area contributed by atoms with E-state index in [1.165, 1.54) is 41.7 Å². The van der Waals surface area contributed by atoms with E-state index >= 15 is 0 Å². The molecule has 0 spiro atoms. The summed E-state index contributed by atoms with van der Waals surface area (Å²) in [6.07, 6.45) is 6.19. The molecule has 0 aliphatic rings. The van der Waals surface area contributed by atoms with Crippen molar-refractivity contribution in [3.8, 4) is 0 Å². The normalized spacial score (nSPS) is 13.2. The second-order valence-corrected chi connectivity index (χ2v) is 12.5. The van der Waals surface area contributed by atoms with Crippen molar-refractivity contribution >= 4 is 27.3 Å². The van der Waals surface area contributed by atoms with Gasteiger partial charge in [-0.1, -0.05) is 44.0 Å². The number of aliphatic carboxylic acids is 1. The number of carbonyl (C=O) groups is 1. The number of hydrogen-bond acceptors (Lipinski definition) is 4. The number of rotatable bonds is 14. The summed E-state index contributed by atoms with van der Waals surface area (Å²) in [6.45, 7) is 2.60. The molecule has 1 atom stereocenters. The lowest BCUT2D eigenvalue weighted by Gasteiger charge is -2.28. The molecular formula is C24H37N2O4S2+. The predicted octanol–water partition coefficient (Wildman–Crippen LogP) is 4.09. The molecule has 0 bridgehead atoms. The summed E-state index contributed by atoms with van der Waals surface area (Å²) in [5.74, 6) is -1.02. The minimum absolute atomic E-state index is 0.232. The molecule has 0 fully saturated rings. The largest absolute Gasteiger partial charge is 0.481 e. The third-order valence-corrected chi connectivity index (χ3v) is 8.32. The Labute approximate surface area is 196 Å². The zero-order chi connectivity index (χ0) is 23.8. The highest BCUT2D eigenvalue weighted by Gasteiger charge is 2.27. The highest BCUT2D eigenvalue weighted by atomic mass is 32.2. The van der Waals surface area contributed by atoms with E-state index in [1.807, 2.05) is 27.2 Å². The highest BCUT2D eigenvalue weighted by molar-refractivity contribution is 7.91. The van der Waals surface area contributed by atoms with Crippen molar-refractivity contribution in [3.05, 3.63) is 52.4 Å². The minimum atomic E-state index is -3.76. The lowest BCUT2D eigenvalue weighted by molar-refractivity contribution is -0.871. The Balaban J connectivity index is 1.97. The van der Waals surface area contributed by atoms with Gasteiger partial charge in [0.1, 0.15) is 4.21 Å². The zero-order valence-electron chi connectivity index (χ0n) is 19.6. The van der Waals surface area contributed by atoms with Crippen LogP contribution >= 0.6 is 11.3 Å². The Morgan fingerprint density at radius 3 is 2.19 bits per heavy atom. The van der Waals surface area contributed by atoms with Crippen LogP contribution in [0.25, 0.3) is 0 Å². The van der Waals surface area contributed by atoms with Gasteiger partial charge in [0.15, 0.2) is 0 Å². The standard InChI is InChI=1S/C24H36N2O4S2/c1-5-6-7-8-19-9-11-20(12-10-19)13-14-22-15-16-24(31-22)32(29,30)25-21(17-23(27)28)18-26(2,3)4/h9-12,15-16,21,25H,5-8,13-14,17-18H2,1-4H3/p+1/t21-/m1/s1. The van der Waals surface area contributed by atoms with Gasteiger partial charge in [0.05, 0.1) is 40.2 Å². The molecule has 178 valence electrons. The number of nitrogens with one attached hydrogen (secondary N) is 1. The first kappa shape index (κ1) is 26.5. The average molecular weight is 482 g/mol. The zero-order valence-corrected chi connectivity index (χ0v) is 21.3. The maximum absolute atomic E-state index is 12.8. The highest BCUT2D eigenvalue weighted by Crippen LogP contribution is 2.24. The number of thiophene rings is 1. The van der Waals surface area contributed by atoms with Crippen LogP contribution < -0.4 is 4.72 Å². The average Bonchev–Trinajstić information content (AvgIpc) is 3.15. The van der Waals surface area contributed by atoms with E-state index in [2.05, 4.69) is 35.9 Å². The number of carboxylic acids is 1. The lowest BCUT2D eigenvalue weighted by Crippen LogP contribution is -2.49. The lowest BCUT2D eigenvalue weighted by atomic mass is 10.0. The molecule has 2 N–H and O–H groups in total. The molecule has 0 aliphatic carbocycles. The number of quaternary nitrogens is 1. The fourth-order valence-electron chi connectivity index (χ4n) is 3.65. The molecule has 0 saturated carbocycles. The van der Waals surface area contributed by atoms with E-state index in [4.69, 9.17) is 5.11 Å². The van der Waals surface area contributed by atoms with Crippen LogP contribution in [0, 0.1) is 0 Å². The summed E-state index contributed by atoms with van der Waals surface area (Å²) in [5, 5.41) is 9.16. The SMILES string of the molecule is CCCCCc1ccc(CCc2ccc(S(=O)(=O)N[C@H](CC(=O)O)C[N+](C)(C)C)s2)cc1. The molecule has 1 aromatic carbocycles. The molecular weight excluding hydrogens is 444 g/mol. The molecule has 0 amide bonds. The van der Waals surface area contributed by atoms with Gasteiger partial charge < -0.3 is 9.59 Å². The van der Waals surface area contributed by atoms with E-state index < -0.39 is 22.0 Å². The summed E-state index contributed by atoms with van der Waals surface area (Å²) >= 11 is 1.25. The van der Waals surface area contributed by atoms with Gasteiger partial charge in [0.2, 0.25) is 0 Å². The first-order chi connectivity index (χ1) is 15.0. The Morgan fingerprint density at radius 2 is 1.62 bits per heavy atom. The summed E-state index contributed by atoms with van der Waals surface area (Å²) in [7, 11) is 1.96. The monoisotopic (exact) mass is 481 g/mol. The molecule has 32 heavy (non-hydrogen) atoms. The summed E-state index contributed by atoms with van der Waals surface area (Å²) in [5.41, 5.74) is 2.60. The van der Waals surface area contributed by atoms with Crippen LogP contribution in [0.5, 0.6) is 0 Å². The molecule has 2 aromatic rings.